The maximum Gasteiger partial charge on any atom is 0.256 e. The Hall–Kier alpha value is -4.86. The number of nitrogens with zero attached hydrogens (tertiary/aromatic N) is 4. The Morgan fingerprint density at radius 3 is 2.79 bits per heavy atom. The summed E-state index contributed by atoms with van der Waals surface area (Å²) in [6.07, 6.45) is 6.14. The summed E-state index contributed by atoms with van der Waals surface area (Å²) in [5, 5.41) is 4.27. The highest BCUT2D eigenvalue weighted by Crippen LogP contribution is 2.22. The average molecular weight is 453 g/mol. The van der Waals surface area contributed by atoms with Crippen LogP contribution in [0.1, 0.15) is 17.0 Å². The van der Waals surface area contributed by atoms with Crippen molar-refractivity contribution in [3.05, 3.63) is 94.9 Å². The zero-order valence-electron chi connectivity index (χ0n) is 17.8. The summed E-state index contributed by atoms with van der Waals surface area (Å²) < 4.78 is 1.53. The molecule has 4 heterocycles. The number of carbonyl (C=O) groups excluding carboxylic acids is 2. The Kier molecular flexibility index (Phi) is 5.30. The van der Waals surface area contributed by atoms with Crippen LogP contribution in [0.4, 0.5) is 0 Å². The predicted molar refractivity (Wildman–Crippen MR) is 125 cm³/mol. The van der Waals surface area contributed by atoms with Gasteiger partial charge in [0.05, 0.1) is 10.9 Å². The van der Waals surface area contributed by atoms with Gasteiger partial charge in [-0.25, -0.2) is 9.97 Å². The molecule has 5 aromatic rings. The van der Waals surface area contributed by atoms with E-state index in [4.69, 9.17) is 5.73 Å². The summed E-state index contributed by atoms with van der Waals surface area (Å²) >= 11 is 0. The lowest BCUT2D eigenvalue weighted by molar-refractivity contribution is -0.130. The molecule has 10 heteroatoms. The van der Waals surface area contributed by atoms with Gasteiger partial charge < -0.3 is 16.0 Å². The van der Waals surface area contributed by atoms with E-state index in [2.05, 4.69) is 25.3 Å². The monoisotopic (exact) mass is 453 g/mol. The minimum Gasteiger partial charge on any atom is -0.369 e. The number of aromatic amines is 1. The van der Waals surface area contributed by atoms with E-state index in [9.17, 15) is 14.4 Å². The van der Waals surface area contributed by atoms with Gasteiger partial charge in [-0.3, -0.25) is 23.9 Å². The topological polar surface area (TPSA) is 149 Å². The Morgan fingerprint density at radius 1 is 1.12 bits per heavy atom. The van der Waals surface area contributed by atoms with Gasteiger partial charge in [-0.15, -0.1) is 0 Å². The summed E-state index contributed by atoms with van der Waals surface area (Å²) in [4.78, 5) is 52.8. The fraction of sp³-hybridized carbons (Fsp3) is 0.0833. The van der Waals surface area contributed by atoms with Gasteiger partial charge in [0.25, 0.3) is 5.56 Å². The van der Waals surface area contributed by atoms with Gasteiger partial charge in [-0.2, -0.15) is 0 Å². The Morgan fingerprint density at radius 2 is 2.00 bits per heavy atom. The van der Waals surface area contributed by atoms with E-state index in [1.54, 1.807) is 42.7 Å². The SMILES string of the molecule is NC(=O)C(C(=O)NCc1ccc2c(ccc(=O)n2-c2ncnc3[nH]ccc23)c1)c1cccnc1. The van der Waals surface area contributed by atoms with Crippen LogP contribution in [0, 0.1) is 0 Å². The zero-order chi connectivity index (χ0) is 23.7. The normalized spacial score (nSPS) is 12.0. The molecule has 1 aromatic carbocycles. The molecule has 0 bridgehead atoms. The Balaban J connectivity index is 1.45. The number of H-pyrrole nitrogens is 1. The third-order valence-electron chi connectivity index (χ3n) is 5.53. The quantitative estimate of drug-likeness (QED) is 0.332. The number of fused-ring (bicyclic) bond motifs is 2. The van der Waals surface area contributed by atoms with Crippen LogP contribution in [0.5, 0.6) is 0 Å². The molecule has 5 rings (SSSR count). The van der Waals surface area contributed by atoms with Crippen molar-refractivity contribution in [3.63, 3.8) is 0 Å². The van der Waals surface area contributed by atoms with Crippen LogP contribution in [0.15, 0.2) is 78.2 Å². The first-order valence-corrected chi connectivity index (χ1v) is 10.4. The first-order chi connectivity index (χ1) is 16.5. The lowest BCUT2D eigenvalue weighted by Crippen LogP contribution is -2.36. The van der Waals surface area contributed by atoms with Crippen molar-refractivity contribution < 1.29 is 9.59 Å². The van der Waals surface area contributed by atoms with Gasteiger partial charge in [0, 0.05) is 31.2 Å². The van der Waals surface area contributed by atoms with E-state index in [0.717, 1.165) is 16.3 Å². The number of primary amides is 1. The summed E-state index contributed by atoms with van der Waals surface area (Å²) in [7, 11) is 0. The second kappa shape index (κ2) is 8.58. The smallest absolute Gasteiger partial charge is 0.256 e. The number of pyridine rings is 2. The second-order valence-electron chi connectivity index (χ2n) is 7.68. The van der Waals surface area contributed by atoms with Crippen molar-refractivity contribution in [3.8, 4) is 5.82 Å². The highest BCUT2D eigenvalue weighted by atomic mass is 16.2. The second-order valence-corrected chi connectivity index (χ2v) is 7.68. The predicted octanol–water partition coefficient (Wildman–Crippen LogP) is 1.54. The van der Waals surface area contributed by atoms with Crippen molar-refractivity contribution in [2.45, 2.75) is 12.5 Å². The molecule has 34 heavy (non-hydrogen) atoms. The number of nitrogens with one attached hydrogen (secondary N) is 2. The molecule has 0 aliphatic rings. The fourth-order valence-corrected chi connectivity index (χ4v) is 3.94. The molecular formula is C24H19N7O3. The number of hydrogen-bond donors (Lipinski definition) is 3. The van der Waals surface area contributed by atoms with E-state index in [0.29, 0.717) is 22.5 Å². The molecular weight excluding hydrogens is 434 g/mol. The molecule has 0 aliphatic heterocycles. The van der Waals surface area contributed by atoms with Crippen molar-refractivity contribution in [2.24, 2.45) is 5.73 Å². The molecule has 168 valence electrons. The highest BCUT2D eigenvalue weighted by Gasteiger charge is 2.26. The number of nitrogens with two attached hydrogens (primary N) is 1. The number of carbonyl (C=O) groups is 2. The lowest BCUT2D eigenvalue weighted by Gasteiger charge is -2.14. The largest absolute Gasteiger partial charge is 0.369 e. The number of hydrogen-bond acceptors (Lipinski definition) is 6. The van der Waals surface area contributed by atoms with E-state index >= 15 is 0 Å². The van der Waals surface area contributed by atoms with Crippen molar-refractivity contribution in [1.82, 2.24) is 29.8 Å². The first-order valence-electron chi connectivity index (χ1n) is 10.4. The number of benzene rings is 1. The van der Waals surface area contributed by atoms with E-state index in [-0.39, 0.29) is 12.1 Å². The van der Waals surface area contributed by atoms with E-state index in [1.165, 1.54) is 23.2 Å². The molecule has 0 fully saturated rings. The molecule has 10 nitrogen and oxygen atoms in total. The van der Waals surface area contributed by atoms with Crippen LogP contribution in [0.25, 0.3) is 27.8 Å². The minimum atomic E-state index is -1.14. The van der Waals surface area contributed by atoms with Crippen molar-refractivity contribution >= 4 is 33.8 Å². The number of rotatable bonds is 6. The third kappa shape index (κ3) is 3.77. The molecule has 0 saturated carbocycles. The number of amides is 2. The maximum absolute atomic E-state index is 12.8. The molecule has 0 spiro atoms. The summed E-state index contributed by atoms with van der Waals surface area (Å²) in [6, 6.07) is 13.7. The standard InChI is InChI=1S/C24H19N7O3/c25-21(33)20(16-2-1-8-26-12-16)24(34)28-11-14-3-5-18-15(10-14)4-6-19(32)31(18)23-17-7-9-27-22(17)29-13-30-23/h1-10,12-13,20H,11H2,(H2,25,33)(H,28,34)(H,27,29,30). The van der Waals surface area contributed by atoms with Crippen molar-refractivity contribution in [2.75, 3.05) is 0 Å². The molecule has 4 N–H and O–H groups in total. The van der Waals surface area contributed by atoms with Gasteiger partial charge >= 0.3 is 0 Å². The third-order valence-corrected chi connectivity index (χ3v) is 5.53. The van der Waals surface area contributed by atoms with Crippen molar-refractivity contribution in [1.29, 1.82) is 0 Å². The average Bonchev–Trinajstić information content (AvgIpc) is 3.33. The van der Waals surface area contributed by atoms with Crippen LogP contribution in [-0.2, 0) is 16.1 Å². The van der Waals surface area contributed by atoms with Crippen LogP contribution >= 0.6 is 0 Å². The van der Waals surface area contributed by atoms with Gasteiger partial charge in [0.15, 0.2) is 5.82 Å². The molecule has 1 atom stereocenters. The molecule has 0 saturated heterocycles. The van der Waals surface area contributed by atoms with Crippen LogP contribution < -0.4 is 16.6 Å². The summed E-state index contributed by atoms with van der Waals surface area (Å²) in [5.74, 6) is -1.93. The lowest BCUT2D eigenvalue weighted by atomic mass is 9.99. The highest BCUT2D eigenvalue weighted by molar-refractivity contribution is 6.05. The Labute approximate surface area is 192 Å². The van der Waals surface area contributed by atoms with Crippen LogP contribution in [0.2, 0.25) is 0 Å². The molecule has 1 unspecified atom stereocenters. The Bertz CT molecular complexity index is 1590. The number of aromatic nitrogens is 5. The van der Waals surface area contributed by atoms with E-state index < -0.39 is 17.7 Å². The molecule has 2 amide bonds. The first kappa shape index (κ1) is 21.0. The van der Waals surface area contributed by atoms with Crippen LogP contribution in [0.3, 0.4) is 0 Å². The summed E-state index contributed by atoms with van der Waals surface area (Å²) in [6.45, 7) is 0.174. The van der Waals surface area contributed by atoms with Gasteiger partial charge in [-0.1, -0.05) is 12.1 Å². The van der Waals surface area contributed by atoms with Gasteiger partial charge in [0.2, 0.25) is 11.8 Å². The molecule has 0 radical (unpaired) electrons. The molecule has 0 aliphatic carbocycles. The molecule has 4 aromatic heterocycles. The minimum absolute atomic E-state index is 0.174. The van der Waals surface area contributed by atoms with Crippen LogP contribution in [-0.4, -0.2) is 36.3 Å². The summed E-state index contributed by atoms with van der Waals surface area (Å²) in [5.41, 5.74) is 7.74. The zero-order valence-corrected chi connectivity index (χ0v) is 17.8. The van der Waals surface area contributed by atoms with E-state index in [1.807, 2.05) is 12.1 Å². The van der Waals surface area contributed by atoms with Gasteiger partial charge in [0.1, 0.15) is 17.9 Å². The van der Waals surface area contributed by atoms with Gasteiger partial charge in [-0.05, 0) is 46.8 Å². The fourth-order valence-electron chi connectivity index (χ4n) is 3.94. The maximum atomic E-state index is 12.8.